The zero-order chi connectivity index (χ0) is 17.4. The topological polar surface area (TPSA) is 67.2 Å². The van der Waals surface area contributed by atoms with Crippen LogP contribution >= 0.6 is 24.6 Å². The summed E-state index contributed by atoms with van der Waals surface area (Å²) in [6.45, 7) is 2.19. The van der Waals surface area contributed by atoms with Crippen LogP contribution in [0.5, 0.6) is 0 Å². The minimum atomic E-state index is -0.219. The van der Waals surface area contributed by atoms with Gasteiger partial charge in [0.25, 0.3) is 5.91 Å². The van der Waals surface area contributed by atoms with Crippen molar-refractivity contribution >= 4 is 47.0 Å². The number of hydrogen-bond donors (Lipinski definition) is 3. The molecule has 0 aliphatic heterocycles. The Bertz CT molecular complexity index is 687. The van der Waals surface area contributed by atoms with E-state index in [-0.39, 0.29) is 23.4 Å². The van der Waals surface area contributed by atoms with Crippen molar-refractivity contribution < 1.29 is 4.79 Å². The summed E-state index contributed by atoms with van der Waals surface area (Å²) in [5.41, 5.74) is 8.93. The number of halogens is 1. The predicted octanol–water partition coefficient (Wildman–Crippen LogP) is 4.55. The molecule has 1 amide bonds. The van der Waals surface area contributed by atoms with Crippen molar-refractivity contribution in [1.82, 2.24) is 5.32 Å². The van der Waals surface area contributed by atoms with E-state index in [1.807, 2.05) is 24.3 Å². The maximum atomic E-state index is 12.2. The van der Waals surface area contributed by atoms with Gasteiger partial charge in [-0.05, 0) is 67.0 Å². The van der Waals surface area contributed by atoms with Crippen molar-refractivity contribution in [2.24, 2.45) is 0 Å². The summed E-state index contributed by atoms with van der Waals surface area (Å²) >= 11 is 5.17. The summed E-state index contributed by atoms with van der Waals surface area (Å²) in [7, 11) is 0. The SMILES string of the molecule is CCCCCc1ccc(C(=O)NC(=S)Nc2ccc(N)cc2)cc1.Cl. The molecule has 0 bridgehead atoms. The zero-order valence-corrected chi connectivity index (χ0v) is 15.9. The second-order valence-electron chi connectivity index (χ2n) is 5.68. The number of hydrogen-bond acceptors (Lipinski definition) is 3. The van der Waals surface area contributed by atoms with Gasteiger partial charge < -0.3 is 11.1 Å². The Morgan fingerprint density at radius 1 is 1.04 bits per heavy atom. The molecule has 0 saturated heterocycles. The number of nitrogens with two attached hydrogens (primary N) is 1. The van der Waals surface area contributed by atoms with Crippen LogP contribution < -0.4 is 16.4 Å². The first-order valence-corrected chi connectivity index (χ1v) is 8.56. The Hall–Kier alpha value is -2.11. The number of rotatable bonds is 6. The van der Waals surface area contributed by atoms with Crippen LogP contribution in [-0.2, 0) is 6.42 Å². The summed E-state index contributed by atoms with van der Waals surface area (Å²) in [5, 5.41) is 5.90. The maximum absolute atomic E-state index is 12.2. The number of nitrogens with one attached hydrogen (secondary N) is 2. The van der Waals surface area contributed by atoms with E-state index in [9.17, 15) is 4.79 Å². The molecule has 0 atom stereocenters. The van der Waals surface area contributed by atoms with E-state index < -0.39 is 0 Å². The molecular formula is C19H24ClN3OS. The van der Waals surface area contributed by atoms with Gasteiger partial charge in [-0.1, -0.05) is 31.9 Å². The normalized spacial score (nSPS) is 9.80. The first kappa shape index (κ1) is 20.9. The summed E-state index contributed by atoms with van der Waals surface area (Å²) in [4.78, 5) is 12.2. The highest BCUT2D eigenvalue weighted by atomic mass is 35.5. The number of amides is 1. The molecule has 0 unspecified atom stereocenters. The van der Waals surface area contributed by atoms with Gasteiger partial charge in [0.15, 0.2) is 5.11 Å². The van der Waals surface area contributed by atoms with Gasteiger partial charge in [0.1, 0.15) is 0 Å². The minimum absolute atomic E-state index is 0. The van der Waals surface area contributed by atoms with Gasteiger partial charge in [-0.3, -0.25) is 10.1 Å². The molecule has 2 aromatic carbocycles. The lowest BCUT2D eigenvalue weighted by atomic mass is 10.1. The van der Waals surface area contributed by atoms with E-state index >= 15 is 0 Å². The first-order valence-electron chi connectivity index (χ1n) is 8.15. The van der Waals surface area contributed by atoms with E-state index in [0.29, 0.717) is 11.3 Å². The highest BCUT2D eigenvalue weighted by molar-refractivity contribution is 7.80. The third kappa shape index (κ3) is 7.11. The molecule has 4 nitrogen and oxygen atoms in total. The summed E-state index contributed by atoms with van der Waals surface area (Å²) in [6.07, 6.45) is 4.66. The summed E-state index contributed by atoms with van der Waals surface area (Å²) in [5.74, 6) is -0.219. The van der Waals surface area contributed by atoms with Crippen molar-refractivity contribution in [3.05, 3.63) is 59.7 Å². The standard InChI is InChI=1S/C19H23N3OS.ClH/c1-2-3-4-5-14-6-8-15(9-7-14)18(23)22-19(24)21-17-12-10-16(20)11-13-17;/h6-13H,2-5,20H2,1H3,(H2,21,22,23,24);1H. The monoisotopic (exact) mass is 377 g/mol. The van der Waals surface area contributed by atoms with Gasteiger partial charge in [0.2, 0.25) is 0 Å². The number of benzene rings is 2. The van der Waals surface area contributed by atoms with Gasteiger partial charge in [-0.2, -0.15) is 0 Å². The van der Waals surface area contributed by atoms with Crippen molar-refractivity contribution in [3.8, 4) is 0 Å². The van der Waals surface area contributed by atoms with Crippen molar-refractivity contribution in [2.45, 2.75) is 32.6 Å². The molecule has 0 aliphatic rings. The lowest BCUT2D eigenvalue weighted by Crippen LogP contribution is -2.34. The molecule has 0 heterocycles. The fraction of sp³-hybridized carbons (Fsp3) is 0.263. The largest absolute Gasteiger partial charge is 0.399 e. The molecular weight excluding hydrogens is 354 g/mol. The molecule has 0 aliphatic carbocycles. The fourth-order valence-corrected chi connectivity index (χ4v) is 2.52. The van der Waals surface area contributed by atoms with Crippen LogP contribution in [0.15, 0.2) is 48.5 Å². The van der Waals surface area contributed by atoms with Crippen LogP contribution in [0, 0.1) is 0 Å². The Morgan fingerprint density at radius 3 is 2.28 bits per heavy atom. The molecule has 6 heteroatoms. The van der Waals surface area contributed by atoms with E-state index in [2.05, 4.69) is 17.6 Å². The predicted molar refractivity (Wildman–Crippen MR) is 111 cm³/mol. The smallest absolute Gasteiger partial charge is 0.257 e. The van der Waals surface area contributed by atoms with Gasteiger partial charge in [-0.25, -0.2) is 0 Å². The van der Waals surface area contributed by atoms with Crippen LogP contribution in [0.3, 0.4) is 0 Å². The number of anilines is 2. The van der Waals surface area contributed by atoms with Gasteiger partial charge in [0.05, 0.1) is 0 Å². The molecule has 2 aromatic rings. The quantitative estimate of drug-likeness (QED) is 0.392. The second-order valence-corrected chi connectivity index (χ2v) is 6.09. The molecule has 0 radical (unpaired) electrons. The Kier molecular flexibility index (Phi) is 8.95. The minimum Gasteiger partial charge on any atom is -0.399 e. The van der Waals surface area contributed by atoms with E-state index in [1.165, 1.54) is 24.8 Å². The lowest BCUT2D eigenvalue weighted by Gasteiger charge is -2.10. The number of unbranched alkanes of at least 4 members (excludes halogenated alkanes) is 2. The third-order valence-corrected chi connectivity index (χ3v) is 3.88. The molecule has 0 saturated carbocycles. The molecule has 0 fully saturated rings. The molecule has 25 heavy (non-hydrogen) atoms. The third-order valence-electron chi connectivity index (χ3n) is 3.68. The fourth-order valence-electron chi connectivity index (χ4n) is 2.31. The zero-order valence-electron chi connectivity index (χ0n) is 14.2. The molecule has 0 aromatic heterocycles. The summed E-state index contributed by atoms with van der Waals surface area (Å²) in [6, 6.07) is 14.8. The number of carbonyl (C=O) groups excluding carboxylic acids is 1. The highest BCUT2D eigenvalue weighted by Gasteiger charge is 2.08. The van der Waals surface area contributed by atoms with Gasteiger partial charge in [-0.15, -0.1) is 12.4 Å². The second kappa shape index (κ2) is 10.7. The molecule has 0 spiro atoms. The Labute approximate surface area is 160 Å². The number of thiocarbonyl (C=S) groups is 1. The van der Waals surface area contributed by atoms with Gasteiger partial charge in [0, 0.05) is 16.9 Å². The number of nitrogen functional groups attached to an aromatic ring is 1. The Balaban J connectivity index is 0.00000312. The Morgan fingerprint density at radius 2 is 1.68 bits per heavy atom. The molecule has 2 rings (SSSR count). The van der Waals surface area contributed by atoms with Crippen LogP contribution in [0.4, 0.5) is 11.4 Å². The first-order chi connectivity index (χ1) is 11.6. The van der Waals surface area contributed by atoms with Crippen LogP contribution in [0.2, 0.25) is 0 Å². The molecule has 134 valence electrons. The van der Waals surface area contributed by atoms with E-state index in [0.717, 1.165) is 12.1 Å². The van der Waals surface area contributed by atoms with Crippen molar-refractivity contribution in [3.63, 3.8) is 0 Å². The van der Waals surface area contributed by atoms with Crippen LogP contribution in [0.1, 0.15) is 42.1 Å². The highest BCUT2D eigenvalue weighted by Crippen LogP contribution is 2.11. The summed E-state index contributed by atoms with van der Waals surface area (Å²) < 4.78 is 0. The van der Waals surface area contributed by atoms with Crippen molar-refractivity contribution in [2.75, 3.05) is 11.1 Å². The van der Waals surface area contributed by atoms with Gasteiger partial charge >= 0.3 is 0 Å². The molecule has 4 N–H and O–H groups in total. The van der Waals surface area contributed by atoms with Crippen molar-refractivity contribution in [1.29, 1.82) is 0 Å². The number of carbonyl (C=O) groups is 1. The van der Waals surface area contributed by atoms with Crippen LogP contribution in [-0.4, -0.2) is 11.0 Å². The van der Waals surface area contributed by atoms with E-state index in [4.69, 9.17) is 18.0 Å². The number of aryl methyl sites for hydroxylation is 1. The van der Waals surface area contributed by atoms with E-state index in [1.54, 1.807) is 24.3 Å². The average Bonchev–Trinajstić information content (AvgIpc) is 2.58. The maximum Gasteiger partial charge on any atom is 0.257 e. The average molecular weight is 378 g/mol. The lowest BCUT2D eigenvalue weighted by molar-refractivity contribution is 0.0977. The van der Waals surface area contributed by atoms with Crippen LogP contribution in [0.25, 0.3) is 0 Å².